The summed E-state index contributed by atoms with van der Waals surface area (Å²) in [4.78, 5) is 0. The highest BCUT2D eigenvalue weighted by Gasteiger charge is 2.27. The van der Waals surface area contributed by atoms with Gasteiger partial charge in [-0.05, 0) is 38.0 Å². The number of hydrogen-bond donors (Lipinski definition) is 3. The Morgan fingerprint density at radius 1 is 1.50 bits per heavy atom. The number of nitrogens with one attached hydrogen (secondary N) is 1. The van der Waals surface area contributed by atoms with E-state index in [-0.39, 0.29) is 6.04 Å². The first kappa shape index (κ1) is 13.3. The monoisotopic (exact) mass is 227 g/mol. The van der Waals surface area contributed by atoms with Gasteiger partial charge in [0.05, 0.1) is 0 Å². The Balaban J connectivity index is 2.28. The molecule has 0 bridgehead atoms. The molecule has 0 aromatic rings. The van der Waals surface area contributed by atoms with Crippen molar-refractivity contribution < 1.29 is 5.21 Å². The van der Waals surface area contributed by atoms with Crippen molar-refractivity contribution in [3.63, 3.8) is 0 Å². The minimum absolute atomic E-state index is 0.280. The summed E-state index contributed by atoms with van der Waals surface area (Å²) in [5.41, 5.74) is 5.99. The first-order valence-corrected chi connectivity index (χ1v) is 6.15. The summed E-state index contributed by atoms with van der Waals surface area (Å²) in [6.45, 7) is 6.75. The van der Waals surface area contributed by atoms with E-state index in [1.807, 2.05) is 0 Å². The van der Waals surface area contributed by atoms with Gasteiger partial charge in [-0.3, -0.25) is 0 Å². The maximum absolute atomic E-state index is 8.49. The molecule has 0 aromatic carbocycles. The molecule has 1 aliphatic rings. The SMILES string of the molecule is CC(CC(N)=NO)NC1CCC(C)(C)CC1. The fourth-order valence-electron chi connectivity index (χ4n) is 2.38. The van der Waals surface area contributed by atoms with E-state index in [2.05, 4.69) is 31.2 Å². The minimum Gasteiger partial charge on any atom is -0.409 e. The zero-order chi connectivity index (χ0) is 12.2. The average Bonchev–Trinajstić information content (AvgIpc) is 2.21. The van der Waals surface area contributed by atoms with Gasteiger partial charge < -0.3 is 16.3 Å². The zero-order valence-electron chi connectivity index (χ0n) is 10.7. The number of nitrogens with zero attached hydrogens (tertiary/aromatic N) is 1. The van der Waals surface area contributed by atoms with Crippen molar-refractivity contribution in [1.82, 2.24) is 5.32 Å². The van der Waals surface area contributed by atoms with E-state index in [0.717, 1.165) is 0 Å². The fraction of sp³-hybridized carbons (Fsp3) is 0.917. The van der Waals surface area contributed by atoms with Crippen LogP contribution < -0.4 is 11.1 Å². The molecule has 0 aromatic heterocycles. The van der Waals surface area contributed by atoms with Crippen LogP contribution >= 0.6 is 0 Å². The molecule has 0 heterocycles. The van der Waals surface area contributed by atoms with Crippen LogP contribution in [0.1, 0.15) is 52.9 Å². The van der Waals surface area contributed by atoms with Gasteiger partial charge in [-0.2, -0.15) is 0 Å². The Hall–Kier alpha value is -0.770. The van der Waals surface area contributed by atoms with Gasteiger partial charge in [0.1, 0.15) is 5.84 Å². The lowest BCUT2D eigenvalue weighted by atomic mass is 9.75. The van der Waals surface area contributed by atoms with Crippen molar-refractivity contribution >= 4 is 5.84 Å². The standard InChI is InChI=1S/C12H25N3O/c1-9(8-11(13)15-16)14-10-4-6-12(2,3)7-5-10/h9-10,14,16H,4-8H2,1-3H3,(H2,13,15). The Bertz CT molecular complexity index is 241. The Labute approximate surface area is 98.3 Å². The Kier molecular flexibility index (Phi) is 4.59. The van der Waals surface area contributed by atoms with Gasteiger partial charge in [0, 0.05) is 18.5 Å². The molecule has 16 heavy (non-hydrogen) atoms. The summed E-state index contributed by atoms with van der Waals surface area (Å²) >= 11 is 0. The second kappa shape index (κ2) is 5.53. The van der Waals surface area contributed by atoms with Gasteiger partial charge in [0.2, 0.25) is 0 Å². The first-order chi connectivity index (χ1) is 7.43. The average molecular weight is 227 g/mol. The van der Waals surface area contributed by atoms with Crippen molar-refractivity contribution in [1.29, 1.82) is 0 Å². The molecule has 4 N–H and O–H groups in total. The lowest BCUT2D eigenvalue weighted by Gasteiger charge is -2.36. The molecule has 1 unspecified atom stereocenters. The van der Waals surface area contributed by atoms with Crippen molar-refractivity contribution in [2.24, 2.45) is 16.3 Å². The maximum Gasteiger partial charge on any atom is 0.140 e. The molecular weight excluding hydrogens is 202 g/mol. The number of nitrogens with two attached hydrogens (primary N) is 1. The van der Waals surface area contributed by atoms with Crippen LogP contribution in [0.2, 0.25) is 0 Å². The maximum atomic E-state index is 8.49. The first-order valence-electron chi connectivity index (χ1n) is 6.15. The lowest BCUT2D eigenvalue weighted by molar-refractivity contribution is 0.200. The molecule has 1 rings (SSSR count). The molecule has 0 amide bonds. The van der Waals surface area contributed by atoms with Gasteiger partial charge in [-0.15, -0.1) is 0 Å². The van der Waals surface area contributed by atoms with Crippen molar-refractivity contribution in [2.75, 3.05) is 0 Å². The summed E-state index contributed by atoms with van der Waals surface area (Å²) in [6, 6.07) is 0.872. The smallest absolute Gasteiger partial charge is 0.140 e. The summed E-state index contributed by atoms with van der Waals surface area (Å²) in [6.07, 6.45) is 5.62. The van der Waals surface area contributed by atoms with E-state index in [4.69, 9.17) is 10.9 Å². The van der Waals surface area contributed by atoms with Crippen LogP contribution in [0.15, 0.2) is 5.16 Å². The molecule has 4 heteroatoms. The van der Waals surface area contributed by atoms with Crippen LogP contribution in [0.3, 0.4) is 0 Å². The molecule has 0 spiro atoms. The largest absolute Gasteiger partial charge is 0.409 e. The molecule has 1 saturated carbocycles. The zero-order valence-corrected chi connectivity index (χ0v) is 10.7. The topological polar surface area (TPSA) is 70.6 Å². The van der Waals surface area contributed by atoms with E-state index >= 15 is 0 Å². The van der Waals surface area contributed by atoms with Gasteiger partial charge in [-0.1, -0.05) is 19.0 Å². The highest BCUT2D eigenvalue weighted by atomic mass is 16.4. The van der Waals surface area contributed by atoms with Crippen LogP contribution in [-0.4, -0.2) is 23.1 Å². The quantitative estimate of drug-likeness (QED) is 0.298. The molecule has 0 aliphatic heterocycles. The Morgan fingerprint density at radius 3 is 2.56 bits per heavy atom. The van der Waals surface area contributed by atoms with Crippen molar-refractivity contribution in [2.45, 2.75) is 65.0 Å². The van der Waals surface area contributed by atoms with Gasteiger partial charge in [0.15, 0.2) is 0 Å². The summed E-state index contributed by atoms with van der Waals surface area (Å²) < 4.78 is 0. The fourth-order valence-corrected chi connectivity index (χ4v) is 2.38. The third-order valence-corrected chi connectivity index (χ3v) is 3.50. The van der Waals surface area contributed by atoms with Crippen LogP contribution in [-0.2, 0) is 0 Å². The predicted octanol–water partition coefficient (Wildman–Crippen LogP) is 2.07. The Morgan fingerprint density at radius 2 is 2.06 bits per heavy atom. The second-order valence-electron chi connectivity index (χ2n) is 5.80. The molecular formula is C12H25N3O. The van der Waals surface area contributed by atoms with E-state index < -0.39 is 0 Å². The second-order valence-corrected chi connectivity index (χ2v) is 5.80. The molecule has 4 nitrogen and oxygen atoms in total. The predicted molar refractivity (Wildman–Crippen MR) is 66.7 cm³/mol. The highest BCUT2D eigenvalue weighted by Crippen LogP contribution is 2.35. The van der Waals surface area contributed by atoms with Crippen molar-refractivity contribution in [3.05, 3.63) is 0 Å². The van der Waals surface area contributed by atoms with Crippen LogP contribution in [0, 0.1) is 5.41 Å². The minimum atomic E-state index is 0.280. The number of rotatable bonds is 4. The van der Waals surface area contributed by atoms with Gasteiger partial charge in [0.25, 0.3) is 0 Å². The highest BCUT2D eigenvalue weighted by molar-refractivity contribution is 5.80. The summed E-state index contributed by atoms with van der Waals surface area (Å²) in [5, 5.41) is 15.0. The van der Waals surface area contributed by atoms with E-state index in [1.165, 1.54) is 25.7 Å². The number of oxime groups is 1. The van der Waals surface area contributed by atoms with Gasteiger partial charge in [-0.25, -0.2) is 0 Å². The molecule has 1 atom stereocenters. The summed E-state index contributed by atoms with van der Waals surface area (Å²) in [5.74, 6) is 0.302. The molecule has 0 saturated heterocycles. The van der Waals surface area contributed by atoms with Crippen molar-refractivity contribution in [3.8, 4) is 0 Å². The van der Waals surface area contributed by atoms with E-state index in [1.54, 1.807) is 0 Å². The number of amidine groups is 1. The van der Waals surface area contributed by atoms with Crippen LogP contribution in [0.25, 0.3) is 0 Å². The molecule has 0 radical (unpaired) electrons. The molecule has 1 aliphatic carbocycles. The van der Waals surface area contributed by atoms with E-state index in [9.17, 15) is 0 Å². The molecule has 1 fully saturated rings. The normalized spacial score (nSPS) is 24.3. The number of hydrogen-bond acceptors (Lipinski definition) is 3. The van der Waals surface area contributed by atoms with Crippen LogP contribution in [0.5, 0.6) is 0 Å². The lowest BCUT2D eigenvalue weighted by Crippen LogP contribution is -2.42. The third-order valence-electron chi connectivity index (χ3n) is 3.50. The van der Waals surface area contributed by atoms with Gasteiger partial charge >= 0.3 is 0 Å². The van der Waals surface area contributed by atoms with E-state index in [0.29, 0.717) is 23.7 Å². The third kappa shape index (κ3) is 4.39. The molecule has 94 valence electrons. The summed E-state index contributed by atoms with van der Waals surface area (Å²) in [7, 11) is 0. The van der Waals surface area contributed by atoms with Crippen LogP contribution in [0.4, 0.5) is 0 Å².